The molecule has 2 heterocycles. The highest BCUT2D eigenvalue weighted by molar-refractivity contribution is 6.33. The Morgan fingerprint density at radius 3 is 2.50 bits per heavy atom. The first-order valence-electron chi connectivity index (χ1n) is 12.6. The molecule has 1 aromatic carbocycles. The number of halogens is 1. The third-order valence-electron chi connectivity index (χ3n) is 6.29. The summed E-state index contributed by atoms with van der Waals surface area (Å²) in [5.41, 5.74) is 6.07. The van der Waals surface area contributed by atoms with Gasteiger partial charge in [-0.15, -0.1) is 0 Å². The lowest BCUT2D eigenvalue weighted by Crippen LogP contribution is -2.16. The van der Waals surface area contributed by atoms with Gasteiger partial charge in [-0.25, -0.2) is 0 Å². The maximum atomic E-state index is 9.37. The first-order valence-corrected chi connectivity index (χ1v) is 12.9. The molecule has 1 aliphatic heterocycles. The fourth-order valence-electron chi connectivity index (χ4n) is 4.33. The quantitative estimate of drug-likeness (QED) is 0.466. The molecule has 0 amide bonds. The van der Waals surface area contributed by atoms with Gasteiger partial charge in [-0.05, 0) is 79.6 Å². The number of nitrogens with zero attached hydrogens (tertiary/aromatic N) is 1. The Labute approximate surface area is 218 Å². The van der Waals surface area contributed by atoms with Gasteiger partial charge in [0.2, 0.25) is 0 Å². The van der Waals surface area contributed by atoms with Gasteiger partial charge < -0.3 is 15.7 Å². The van der Waals surface area contributed by atoms with Gasteiger partial charge in [0.05, 0.1) is 16.4 Å². The number of allylic oxidation sites excluding steroid dienone is 1. The van der Waals surface area contributed by atoms with Crippen LogP contribution < -0.4 is 10.6 Å². The predicted octanol–water partition coefficient (Wildman–Crippen LogP) is 5.53. The molecule has 0 unspecified atom stereocenters. The van der Waals surface area contributed by atoms with Crippen molar-refractivity contribution in [1.82, 2.24) is 10.3 Å². The van der Waals surface area contributed by atoms with Gasteiger partial charge in [-0.3, -0.25) is 9.78 Å². The summed E-state index contributed by atoms with van der Waals surface area (Å²) < 4.78 is 0. The van der Waals surface area contributed by atoms with Crippen molar-refractivity contribution in [3.63, 3.8) is 0 Å². The number of rotatable bonds is 6. The molecule has 0 saturated heterocycles. The van der Waals surface area contributed by atoms with E-state index in [0.29, 0.717) is 0 Å². The highest BCUT2D eigenvalue weighted by Gasteiger charge is 2.14. The minimum absolute atomic E-state index is 0.222. The number of carbonyl (C=O) groups excluding carboxylic acids is 2. The summed E-state index contributed by atoms with van der Waals surface area (Å²) in [6.45, 7) is 4.38. The van der Waals surface area contributed by atoms with Crippen molar-refractivity contribution < 1.29 is 19.5 Å². The number of hydrogen-bond donors (Lipinski definition) is 3. The monoisotopic (exact) mass is 513 g/mol. The van der Waals surface area contributed by atoms with Crippen LogP contribution in [0.5, 0.6) is 0 Å². The van der Waals surface area contributed by atoms with Gasteiger partial charge in [0.25, 0.3) is 0 Å². The number of aromatic nitrogens is 1. The molecule has 4 rings (SSSR count). The number of anilines is 1. The van der Waals surface area contributed by atoms with Crippen LogP contribution in [0.4, 0.5) is 5.69 Å². The number of fused-ring (bicyclic) bond motifs is 1. The summed E-state index contributed by atoms with van der Waals surface area (Å²) in [5.74, 6) is -0.00753. The van der Waals surface area contributed by atoms with E-state index in [2.05, 4.69) is 46.0 Å². The number of benzene rings is 1. The van der Waals surface area contributed by atoms with Crippen LogP contribution in [-0.2, 0) is 33.8 Å². The van der Waals surface area contributed by atoms with Crippen LogP contribution in [0.15, 0.2) is 36.5 Å². The molecule has 3 N–H and O–H groups in total. The molecule has 2 aromatic rings. The van der Waals surface area contributed by atoms with E-state index in [-0.39, 0.29) is 12.6 Å². The largest absolute Gasteiger partial charge is 0.481 e. The Kier molecular flexibility index (Phi) is 13.5. The van der Waals surface area contributed by atoms with Gasteiger partial charge in [0, 0.05) is 19.2 Å². The van der Waals surface area contributed by atoms with E-state index in [1.54, 1.807) is 6.92 Å². The molecular weight excluding hydrogens is 478 g/mol. The van der Waals surface area contributed by atoms with Crippen molar-refractivity contribution in [2.45, 2.75) is 64.8 Å². The Morgan fingerprint density at radius 1 is 1.17 bits per heavy atom. The van der Waals surface area contributed by atoms with Crippen molar-refractivity contribution >= 4 is 35.5 Å². The second kappa shape index (κ2) is 16.6. The van der Waals surface area contributed by atoms with E-state index >= 15 is 0 Å². The number of hydrogen-bond acceptors (Lipinski definition) is 6. The third kappa shape index (κ3) is 10.3. The summed E-state index contributed by atoms with van der Waals surface area (Å²) in [4.78, 5) is 30.2. The normalized spacial score (nSPS) is 15.3. The van der Waals surface area contributed by atoms with Gasteiger partial charge in [0.15, 0.2) is 0 Å². The number of carboxylic acid groups (broad SMARTS) is 1. The van der Waals surface area contributed by atoms with E-state index in [1.165, 1.54) is 48.8 Å². The van der Waals surface area contributed by atoms with E-state index in [1.807, 2.05) is 12.3 Å². The molecule has 1 fully saturated rings. The molecule has 0 radical (unpaired) electrons. The van der Waals surface area contributed by atoms with Crippen LogP contribution in [0.25, 0.3) is 6.08 Å². The van der Waals surface area contributed by atoms with Gasteiger partial charge in [-0.2, -0.15) is 9.59 Å². The molecule has 0 atom stereocenters. The zero-order chi connectivity index (χ0) is 26.2. The molecule has 0 spiro atoms. The van der Waals surface area contributed by atoms with Gasteiger partial charge in [-0.1, -0.05) is 56.0 Å². The highest BCUT2D eigenvalue weighted by atomic mass is 35.5. The average Bonchev–Trinajstić information content (AvgIpc) is 3.15. The second-order valence-corrected chi connectivity index (χ2v) is 9.25. The van der Waals surface area contributed by atoms with Crippen molar-refractivity contribution in [1.29, 1.82) is 0 Å². The maximum absolute atomic E-state index is 9.37. The summed E-state index contributed by atoms with van der Waals surface area (Å²) in [5, 5.41) is 15.6. The third-order valence-corrected chi connectivity index (χ3v) is 6.61. The Morgan fingerprint density at radius 2 is 1.86 bits per heavy atom. The van der Waals surface area contributed by atoms with Crippen LogP contribution in [0.2, 0.25) is 5.02 Å². The van der Waals surface area contributed by atoms with E-state index in [9.17, 15) is 4.79 Å². The summed E-state index contributed by atoms with van der Waals surface area (Å²) >= 11 is 6.51. The zero-order valence-corrected chi connectivity index (χ0v) is 21.7. The first kappa shape index (κ1) is 29.2. The second-order valence-electron chi connectivity index (χ2n) is 8.84. The molecule has 2 aliphatic rings. The van der Waals surface area contributed by atoms with Gasteiger partial charge >= 0.3 is 12.1 Å². The van der Waals surface area contributed by atoms with E-state index < -0.39 is 5.97 Å². The van der Waals surface area contributed by atoms with Crippen molar-refractivity contribution in [3.8, 4) is 0 Å². The van der Waals surface area contributed by atoms with Crippen molar-refractivity contribution in [3.05, 3.63) is 63.9 Å². The summed E-state index contributed by atoms with van der Waals surface area (Å²) in [6.07, 6.45) is 15.9. The topological polar surface area (TPSA) is 108 Å². The van der Waals surface area contributed by atoms with Gasteiger partial charge in [0.1, 0.15) is 0 Å². The Bertz CT molecular complexity index is 1010. The molecule has 1 aromatic heterocycles. The molecular formula is C28H36ClN3O4. The number of carboxylic acids is 1. The summed E-state index contributed by atoms with van der Waals surface area (Å²) in [6, 6.07) is 8.47. The van der Waals surface area contributed by atoms with Crippen LogP contribution >= 0.6 is 11.6 Å². The summed E-state index contributed by atoms with van der Waals surface area (Å²) in [7, 11) is 0. The number of carbonyl (C=O) groups is 1. The Hall–Kier alpha value is -2.99. The first-order chi connectivity index (χ1) is 17.5. The number of pyridine rings is 1. The maximum Gasteiger partial charge on any atom is 0.373 e. The highest BCUT2D eigenvalue weighted by Crippen LogP contribution is 2.31. The van der Waals surface area contributed by atoms with E-state index in [4.69, 9.17) is 26.3 Å². The Balaban J connectivity index is 0.000000501. The SMILES string of the molecule is CCC(=O)O.Clc1ccc2c(c1NCc1ccc(/C=C\C3CCCCC3)nc1)CCNCC2.O=C=O. The predicted molar refractivity (Wildman–Crippen MR) is 142 cm³/mol. The average molecular weight is 514 g/mol. The molecule has 36 heavy (non-hydrogen) atoms. The minimum atomic E-state index is -0.745. The lowest BCUT2D eigenvalue weighted by atomic mass is 9.89. The fraction of sp³-hybridized carbons (Fsp3) is 0.464. The van der Waals surface area contributed by atoms with E-state index in [0.717, 1.165) is 54.8 Å². The fourth-order valence-corrected chi connectivity index (χ4v) is 4.57. The molecule has 0 bridgehead atoms. The van der Waals surface area contributed by atoms with Crippen LogP contribution in [0.3, 0.4) is 0 Å². The lowest BCUT2D eigenvalue weighted by Gasteiger charge is -2.17. The molecule has 1 saturated carbocycles. The molecule has 7 nitrogen and oxygen atoms in total. The number of aliphatic carboxylic acids is 1. The zero-order valence-electron chi connectivity index (χ0n) is 20.9. The van der Waals surface area contributed by atoms with Crippen LogP contribution in [0, 0.1) is 5.92 Å². The molecule has 8 heteroatoms. The van der Waals surface area contributed by atoms with Crippen LogP contribution in [-0.4, -0.2) is 35.3 Å². The van der Waals surface area contributed by atoms with Crippen LogP contribution in [0.1, 0.15) is 67.8 Å². The number of nitrogens with one attached hydrogen (secondary N) is 2. The minimum Gasteiger partial charge on any atom is -0.481 e. The standard InChI is InChI=1S/C24H30ClN3.C3H6O2.CO2/c25-23-11-8-20-12-14-26-15-13-22(20)24(23)28-17-19-7-10-21(27-16-19)9-6-18-4-2-1-3-5-18;1-2-3(4)5;2-1-3/h6-11,16,18,26,28H,1-5,12-15,17H2;2H2,1H3,(H,4,5);/b9-6-;;. The van der Waals surface area contributed by atoms with Crippen molar-refractivity contribution in [2.24, 2.45) is 5.92 Å². The molecule has 1 aliphatic carbocycles. The lowest BCUT2D eigenvalue weighted by molar-refractivity contribution is -0.191. The van der Waals surface area contributed by atoms with Crippen molar-refractivity contribution in [2.75, 3.05) is 18.4 Å². The smallest absolute Gasteiger partial charge is 0.373 e. The molecule has 194 valence electrons.